The number of benzene rings is 2. The minimum absolute atomic E-state index is 0.307. The Morgan fingerprint density at radius 2 is 1.30 bits per heavy atom. The molecule has 2 aliphatic rings. The van der Waals surface area contributed by atoms with Crippen LogP contribution >= 0.6 is 0 Å². The molecule has 0 N–H and O–H groups in total. The fourth-order valence-electron chi connectivity index (χ4n) is 3.70. The smallest absolute Gasteiger partial charge is 0.175 e. The van der Waals surface area contributed by atoms with Crippen molar-refractivity contribution in [1.29, 1.82) is 0 Å². The summed E-state index contributed by atoms with van der Waals surface area (Å²) >= 11 is 0. The lowest BCUT2D eigenvalue weighted by atomic mass is 9.96. The minimum Gasteiger partial charge on any atom is -0.493 e. The minimum atomic E-state index is -3.24. The molecule has 2 aromatic rings. The Kier molecular flexibility index (Phi) is 5.22. The number of rotatable bonds is 5. The molecule has 0 aliphatic heterocycles. The van der Waals surface area contributed by atoms with Gasteiger partial charge in [-0.3, -0.25) is 0 Å². The van der Waals surface area contributed by atoms with Crippen LogP contribution in [0.15, 0.2) is 83.8 Å². The van der Waals surface area contributed by atoms with Crippen LogP contribution in [0.2, 0.25) is 0 Å². The first-order chi connectivity index (χ1) is 14.4. The molecule has 0 aromatic heterocycles. The molecule has 4 rings (SSSR count). The molecule has 0 saturated heterocycles. The van der Waals surface area contributed by atoms with Gasteiger partial charge in [-0.05, 0) is 63.7 Å². The fourth-order valence-corrected chi connectivity index (χ4v) is 4.33. The Morgan fingerprint density at radius 3 is 1.97 bits per heavy atom. The van der Waals surface area contributed by atoms with E-state index in [4.69, 9.17) is 9.47 Å². The van der Waals surface area contributed by atoms with Crippen LogP contribution in [-0.4, -0.2) is 28.9 Å². The van der Waals surface area contributed by atoms with Crippen LogP contribution in [0.25, 0.3) is 33.4 Å². The van der Waals surface area contributed by atoms with Crippen molar-refractivity contribution in [2.45, 2.75) is 4.90 Å². The maximum Gasteiger partial charge on any atom is 0.175 e. The molecule has 0 bridgehead atoms. The second-order valence-electron chi connectivity index (χ2n) is 7.08. The van der Waals surface area contributed by atoms with E-state index in [1.54, 1.807) is 26.4 Å². The van der Waals surface area contributed by atoms with Crippen LogP contribution in [-0.2, 0) is 9.84 Å². The van der Waals surface area contributed by atoms with Crippen molar-refractivity contribution in [1.82, 2.24) is 0 Å². The lowest BCUT2D eigenvalue weighted by Crippen LogP contribution is -1.96. The zero-order valence-corrected chi connectivity index (χ0v) is 17.9. The molecular formula is C25H22O4S. The van der Waals surface area contributed by atoms with Crippen LogP contribution in [0.4, 0.5) is 0 Å². The molecule has 0 heterocycles. The van der Waals surface area contributed by atoms with Crippen LogP contribution in [0.1, 0.15) is 0 Å². The van der Waals surface area contributed by atoms with E-state index >= 15 is 0 Å². The van der Waals surface area contributed by atoms with Gasteiger partial charge in [-0.2, -0.15) is 0 Å². The molecule has 5 heteroatoms. The molecule has 0 unspecified atom stereocenters. The van der Waals surface area contributed by atoms with Crippen molar-refractivity contribution < 1.29 is 17.9 Å². The lowest BCUT2D eigenvalue weighted by molar-refractivity contribution is 0.355. The van der Waals surface area contributed by atoms with Crippen LogP contribution in [0.5, 0.6) is 11.5 Å². The number of hydrogen-bond acceptors (Lipinski definition) is 4. The Morgan fingerprint density at radius 1 is 0.633 bits per heavy atom. The highest BCUT2D eigenvalue weighted by Crippen LogP contribution is 2.46. The highest BCUT2D eigenvalue weighted by Gasteiger charge is 2.20. The van der Waals surface area contributed by atoms with E-state index in [-0.39, 0.29) is 0 Å². The normalized spacial score (nSPS) is 11.4. The summed E-state index contributed by atoms with van der Waals surface area (Å²) in [6.45, 7) is 0. The van der Waals surface area contributed by atoms with Crippen molar-refractivity contribution in [3.8, 4) is 44.9 Å². The van der Waals surface area contributed by atoms with E-state index in [0.29, 0.717) is 16.4 Å². The summed E-state index contributed by atoms with van der Waals surface area (Å²) in [7, 11) is -0.00889. The van der Waals surface area contributed by atoms with Gasteiger partial charge in [0.25, 0.3) is 0 Å². The first kappa shape index (κ1) is 20.0. The predicted octanol–water partition coefficient (Wildman–Crippen LogP) is 5.55. The van der Waals surface area contributed by atoms with Crippen molar-refractivity contribution in [3.05, 3.63) is 78.9 Å². The van der Waals surface area contributed by atoms with Gasteiger partial charge < -0.3 is 9.47 Å². The maximum absolute atomic E-state index is 11.8. The molecule has 0 amide bonds. The summed E-state index contributed by atoms with van der Waals surface area (Å²) in [5.41, 5.74) is 6.25. The third-order valence-corrected chi connectivity index (χ3v) is 6.30. The molecule has 0 atom stereocenters. The summed E-state index contributed by atoms with van der Waals surface area (Å²) in [5.74, 6) is 1.32. The number of sulfone groups is 1. The first-order valence-electron chi connectivity index (χ1n) is 9.47. The van der Waals surface area contributed by atoms with E-state index in [2.05, 4.69) is 18.2 Å². The summed E-state index contributed by atoms with van der Waals surface area (Å²) < 4.78 is 34.6. The molecule has 152 valence electrons. The zero-order valence-electron chi connectivity index (χ0n) is 17.0. The zero-order chi connectivity index (χ0) is 21.3. The Hall–Kier alpha value is -3.31. The van der Waals surface area contributed by atoms with E-state index in [9.17, 15) is 8.42 Å². The summed E-state index contributed by atoms with van der Waals surface area (Å²) in [6, 6.07) is 25.2. The molecule has 2 aliphatic carbocycles. The van der Waals surface area contributed by atoms with Crippen LogP contribution in [0.3, 0.4) is 0 Å². The molecule has 0 fully saturated rings. The third kappa shape index (κ3) is 3.64. The molecule has 4 nitrogen and oxygen atoms in total. The summed E-state index contributed by atoms with van der Waals surface area (Å²) in [5, 5.41) is 0. The second-order valence-corrected chi connectivity index (χ2v) is 9.09. The molecule has 0 radical (unpaired) electrons. The van der Waals surface area contributed by atoms with Gasteiger partial charge >= 0.3 is 0 Å². The van der Waals surface area contributed by atoms with Crippen molar-refractivity contribution in [2.24, 2.45) is 0 Å². The SMILES string of the molecule is COc1ccc(-c2c3cccccc-3cc2-c2ccc(S(C)(=O)=O)cc2)cc1OC. The maximum atomic E-state index is 11.8. The first-order valence-corrected chi connectivity index (χ1v) is 11.4. The number of fused-ring (bicyclic) bond motifs is 1. The lowest BCUT2D eigenvalue weighted by Gasteiger charge is -2.12. The van der Waals surface area contributed by atoms with Crippen molar-refractivity contribution >= 4 is 9.84 Å². The average Bonchev–Trinajstić information content (AvgIpc) is 2.95. The predicted molar refractivity (Wildman–Crippen MR) is 120 cm³/mol. The van der Waals surface area contributed by atoms with Gasteiger partial charge in [0.05, 0.1) is 19.1 Å². The molecular weight excluding hydrogens is 396 g/mol. The van der Waals surface area contributed by atoms with Gasteiger partial charge in [0.15, 0.2) is 21.3 Å². The van der Waals surface area contributed by atoms with Crippen LogP contribution < -0.4 is 9.47 Å². The van der Waals surface area contributed by atoms with E-state index < -0.39 is 9.84 Å². The van der Waals surface area contributed by atoms with Crippen molar-refractivity contribution in [3.63, 3.8) is 0 Å². The van der Waals surface area contributed by atoms with E-state index in [0.717, 1.165) is 33.4 Å². The molecule has 0 saturated carbocycles. The molecule has 2 aromatic carbocycles. The standard InChI is InChI=1S/C25H22O4S/c1-28-23-14-11-19(16-24(23)29-2)25-21-8-6-4-5-7-18(21)15-22(25)17-9-12-20(13-10-17)30(3,26)27/h4-16H,1-3H3. The quantitative estimate of drug-likeness (QED) is 0.427. The van der Waals surface area contributed by atoms with Gasteiger partial charge in [0.1, 0.15) is 0 Å². The molecule has 30 heavy (non-hydrogen) atoms. The monoisotopic (exact) mass is 418 g/mol. The topological polar surface area (TPSA) is 52.6 Å². The number of hydrogen-bond donors (Lipinski definition) is 0. The van der Waals surface area contributed by atoms with E-state index in [1.807, 2.05) is 48.5 Å². The van der Waals surface area contributed by atoms with Gasteiger partial charge in [0.2, 0.25) is 0 Å². The van der Waals surface area contributed by atoms with Gasteiger partial charge in [0, 0.05) is 6.26 Å². The summed E-state index contributed by atoms with van der Waals surface area (Å²) in [6.07, 6.45) is 1.22. The molecule has 0 spiro atoms. The highest BCUT2D eigenvalue weighted by atomic mass is 32.2. The van der Waals surface area contributed by atoms with Gasteiger partial charge in [-0.25, -0.2) is 8.42 Å². The van der Waals surface area contributed by atoms with E-state index in [1.165, 1.54) is 6.26 Å². The summed E-state index contributed by atoms with van der Waals surface area (Å²) in [4.78, 5) is 0.307. The fraction of sp³-hybridized carbons (Fsp3) is 0.120. The largest absolute Gasteiger partial charge is 0.493 e. The Labute approximate surface area is 177 Å². The number of methoxy groups -OCH3 is 2. The Bertz CT molecular complexity index is 1270. The van der Waals surface area contributed by atoms with Crippen LogP contribution in [0, 0.1) is 0 Å². The van der Waals surface area contributed by atoms with Crippen molar-refractivity contribution in [2.75, 3.05) is 20.5 Å². The average molecular weight is 419 g/mol. The van der Waals surface area contributed by atoms with Gasteiger partial charge in [-0.15, -0.1) is 0 Å². The van der Waals surface area contributed by atoms with Gasteiger partial charge in [-0.1, -0.05) is 48.5 Å². The Balaban J connectivity index is 1.96. The second kappa shape index (κ2) is 7.84. The third-order valence-electron chi connectivity index (χ3n) is 5.18. The number of ether oxygens (including phenoxy) is 2. The highest BCUT2D eigenvalue weighted by molar-refractivity contribution is 7.90.